The molecule has 0 radical (unpaired) electrons. The zero-order valence-electron chi connectivity index (χ0n) is 17.0. The molecule has 10 nitrogen and oxygen atoms in total. The van der Waals surface area contributed by atoms with Crippen LogP contribution in [0.3, 0.4) is 0 Å². The second-order valence-corrected chi connectivity index (χ2v) is 7.37. The first-order valence-electron chi connectivity index (χ1n) is 10.0. The number of nitrogens with zero attached hydrogens (tertiary/aromatic N) is 5. The second kappa shape index (κ2) is 8.32. The zero-order valence-corrected chi connectivity index (χ0v) is 17.0. The number of aromatic nitrogens is 5. The molecule has 5 heterocycles. The predicted octanol–water partition coefficient (Wildman–Crippen LogP) is 3.02. The van der Waals surface area contributed by atoms with Gasteiger partial charge in [-0.05, 0) is 31.5 Å². The lowest BCUT2D eigenvalue weighted by atomic mass is 10.1. The van der Waals surface area contributed by atoms with Gasteiger partial charge in [0.1, 0.15) is 5.76 Å². The lowest BCUT2D eigenvalue weighted by Gasteiger charge is -2.09. The summed E-state index contributed by atoms with van der Waals surface area (Å²) >= 11 is 0. The van der Waals surface area contributed by atoms with Crippen LogP contribution in [0.15, 0.2) is 40.9 Å². The minimum Gasteiger partial charge on any atom is -0.458 e. The number of anilines is 1. The van der Waals surface area contributed by atoms with E-state index in [4.69, 9.17) is 24.4 Å². The normalized spacial score (nSPS) is 16.2. The Morgan fingerprint density at radius 3 is 2.94 bits per heavy atom. The number of ether oxygens (including phenoxy) is 3. The number of fused-ring (bicyclic) bond motifs is 1. The van der Waals surface area contributed by atoms with Crippen molar-refractivity contribution in [1.29, 1.82) is 0 Å². The van der Waals surface area contributed by atoms with Gasteiger partial charge in [-0.25, -0.2) is 4.98 Å². The van der Waals surface area contributed by atoms with Crippen molar-refractivity contribution in [2.24, 2.45) is 5.92 Å². The van der Waals surface area contributed by atoms with Gasteiger partial charge in [-0.3, -0.25) is 0 Å². The molecule has 1 atom stereocenters. The largest absolute Gasteiger partial charge is 0.458 e. The van der Waals surface area contributed by atoms with Crippen LogP contribution in [-0.4, -0.2) is 44.4 Å². The van der Waals surface area contributed by atoms with Crippen molar-refractivity contribution in [2.75, 3.05) is 25.6 Å². The summed E-state index contributed by atoms with van der Waals surface area (Å²) in [5.41, 5.74) is 7.11. The van der Waals surface area contributed by atoms with Gasteiger partial charge in [0, 0.05) is 18.6 Å². The summed E-state index contributed by atoms with van der Waals surface area (Å²) < 4.78 is 24.3. The van der Waals surface area contributed by atoms with Gasteiger partial charge in [-0.15, -0.1) is 0 Å². The molecule has 1 fully saturated rings. The summed E-state index contributed by atoms with van der Waals surface area (Å²) in [6, 6.07) is 9.18. The molecule has 2 N–H and O–H groups in total. The first-order chi connectivity index (χ1) is 15.2. The van der Waals surface area contributed by atoms with Crippen molar-refractivity contribution in [3.05, 3.63) is 48.0 Å². The van der Waals surface area contributed by atoms with E-state index in [0.717, 1.165) is 31.1 Å². The average Bonchev–Trinajstić information content (AvgIpc) is 3.50. The number of aryl methyl sites for hydroxylation is 1. The Labute approximate surface area is 178 Å². The molecule has 4 aromatic heterocycles. The van der Waals surface area contributed by atoms with Crippen LogP contribution in [-0.2, 0) is 16.1 Å². The van der Waals surface area contributed by atoms with Gasteiger partial charge >= 0.3 is 0 Å². The summed E-state index contributed by atoms with van der Waals surface area (Å²) in [5.74, 6) is 3.10. The van der Waals surface area contributed by atoms with Crippen LogP contribution in [0, 0.1) is 12.8 Å². The maximum Gasteiger partial charge on any atom is 0.224 e. The van der Waals surface area contributed by atoms with Gasteiger partial charge in [0.15, 0.2) is 11.5 Å². The van der Waals surface area contributed by atoms with Crippen LogP contribution < -0.4 is 10.5 Å². The van der Waals surface area contributed by atoms with E-state index >= 15 is 0 Å². The number of nitrogens with two attached hydrogens (primary N) is 1. The first-order valence-corrected chi connectivity index (χ1v) is 10.0. The highest BCUT2D eigenvalue weighted by Gasteiger charge is 2.18. The lowest BCUT2D eigenvalue weighted by molar-refractivity contribution is 0.0771. The van der Waals surface area contributed by atoms with E-state index < -0.39 is 0 Å². The Hall–Kier alpha value is -3.50. The van der Waals surface area contributed by atoms with Crippen molar-refractivity contribution in [3.8, 4) is 23.2 Å². The van der Waals surface area contributed by atoms with E-state index in [-0.39, 0.29) is 5.95 Å². The molecule has 1 saturated heterocycles. The minimum atomic E-state index is 0.0907. The molecule has 10 heteroatoms. The average molecular weight is 422 g/mol. The highest BCUT2D eigenvalue weighted by molar-refractivity contribution is 5.61. The molecule has 1 unspecified atom stereocenters. The fourth-order valence-corrected chi connectivity index (χ4v) is 3.41. The first kappa shape index (κ1) is 19.5. The van der Waals surface area contributed by atoms with E-state index in [2.05, 4.69) is 20.1 Å². The molecule has 1 aliphatic heterocycles. The van der Waals surface area contributed by atoms with Crippen molar-refractivity contribution < 1.29 is 18.6 Å². The van der Waals surface area contributed by atoms with Crippen LogP contribution in [0.4, 0.5) is 5.95 Å². The Morgan fingerprint density at radius 2 is 2.13 bits per heavy atom. The van der Waals surface area contributed by atoms with Crippen molar-refractivity contribution in [2.45, 2.75) is 20.0 Å². The summed E-state index contributed by atoms with van der Waals surface area (Å²) in [7, 11) is 0. The van der Waals surface area contributed by atoms with E-state index in [1.165, 1.54) is 4.52 Å². The SMILES string of the molecule is Cc1ccc(-c2nc(N)nc3c(Oc4cccc(COCC5CCOC5)n4)cnn23)o1. The molecule has 31 heavy (non-hydrogen) atoms. The Bertz CT molecular complexity index is 1200. The molecule has 0 saturated carbocycles. The van der Waals surface area contributed by atoms with Gasteiger partial charge in [0.05, 0.1) is 31.7 Å². The summed E-state index contributed by atoms with van der Waals surface area (Å²) in [6.45, 7) is 4.48. The quantitative estimate of drug-likeness (QED) is 0.479. The fourth-order valence-electron chi connectivity index (χ4n) is 3.41. The number of rotatable bonds is 7. The van der Waals surface area contributed by atoms with Gasteiger partial charge in [0.2, 0.25) is 23.3 Å². The van der Waals surface area contributed by atoms with Crippen LogP contribution >= 0.6 is 0 Å². The molecule has 5 rings (SSSR count). The zero-order chi connectivity index (χ0) is 21.2. The third kappa shape index (κ3) is 4.21. The molecular weight excluding hydrogens is 400 g/mol. The molecule has 0 bridgehead atoms. The standard InChI is InChI=1S/C21H22N6O4/c1-13-5-6-16(30-13)19-25-21(22)26-20-17(9-23-27(19)20)31-18-4-2-3-15(24-18)12-29-11-14-7-8-28-10-14/h2-6,9,14H,7-8,10-12H2,1H3,(H2,22,26). The molecule has 4 aromatic rings. The number of pyridine rings is 1. The lowest BCUT2D eigenvalue weighted by Crippen LogP contribution is -2.09. The van der Waals surface area contributed by atoms with Gasteiger partial charge < -0.3 is 24.4 Å². The summed E-state index contributed by atoms with van der Waals surface area (Å²) in [6.07, 6.45) is 2.59. The summed E-state index contributed by atoms with van der Waals surface area (Å²) in [5, 5.41) is 4.34. The van der Waals surface area contributed by atoms with Gasteiger partial charge in [0.25, 0.3) is 0 Å². The third-order valence-electron chi connectivity index (χ3n) is 4.94. The maximum absolute atomic E-state index is 5.96. The van der Waals surface area contributed by atoms with E-state index in [1.807, 2.05) is 31.2 Å². The van der Waals surface area contributed by atoms with Crippen LogP contribution in [0.5, 0.6) is 11.6 Å². The molecule has 1 aliphatic rings. The topological polar surface area (TPSA) is 123 Å². The monoisotopic (exact) mass is 422 g/mol. The van der Waals surface area contributed by atoms with E-state index in [0.29, 0.717) is 48.0 Å². The molecule has 0 amide bonds. The van der Waals surface area contributed by atoms with Crippen molar-refractivity contribution >= 4 is 11.6 Å². The third-order valence-corrected chi connectivity index (χ3v) is 4.94. The Kier molecular flexibility index (Phi) is 5.23. The number of hydrogen-bond donors (Lipinski definition) is 1. The highest BCUT2D eigenvalue weighted by Crippen LogP contribution is 2.28. The van der Waals surface area contributed by atoms with E-state index in [9.17, 15) is 0 Å². The molecular formula is C21H22N6O4. The molecule has 0 aromatic carbocycles. The molecule has 160 valence electrons. The number of hydrogen-bond acceptors (Lipinski definition) is 9. The fraction of sp³-hybridized carbons (Fsp3) is 0.333. The second-order valence-electron chi connectivity index (χ2n) is 7.37. The molecule has 0 aliphatic carbocycles. The van der Waals surface area contributed by atoms with Crippen LogP contribution in [0.2, 0.25) is 0 Å². The van der Waals surface area contributed by atoms with Crippen molar-refractivity contribution in [1.82, 2.24) is 24.6 Å². The van der Waals surface area contributed by atoms with E-state index in [1.54, 1.807) is 12.3 Å². The van der Waals surface area contributed by atoms with Crippen molar-refractivity contribution in [3.63, 3.8) is 0 Å². The minimum absolute atomic E-state index is 0.0907. The smallest absolute Gasteiger partial charge is 0.224 e. The molecule has 0 spiro atoms. The van der Waals surface area contributed by atoms with Crippen LogP contribution in [0.1, 0.15) is 17.9 Å². The van der Waals surface area contributed by atoms with Crippen LogP contribution in [0.25, 0.3) is 17.2 Å². The Morgan fingerprint density at radius 1 is 1.19 bits per heavy atom. The maximum atomic E-state index is 5.96. The number of nitrogen functional groups attached to an aromatic ring is 1. The Balaban J connectivity index is 1.35. The predicted molar refractivity (Wildman–Crippen MR) is 111 cm³/mol. The van der Waals surface area contributed by atoms with Gasteiger partial charge in [-0.2, -0.15) is 19.6 Å². The number of furan rings is 1. The summed E-state index contributed by atoms with van der Waals surface area (Å²) in [4.78, 5) is 13.1. The van der Waals surface area contributed by atoms with Gasteiger partial charge in [-0.1, -0.05) is 6.07 Å². The highest BCUT2D eigenvalue weighted by atomic mass is 16.5.